The molecule has 2 aromatic rings. The first-order valence-corrected chi connectivity index (χ1v) is 4.96. The van der Waals surface area contributed by atoms with Crippen LogP contribution in [0.5, 0.6) is 0 Å². The van der Waals surface area contributed by atoms with E-state index in [-0.39, 0.29) is 10.7 Å². The lowest BCUT2D eigenvalue weighted by Gasteiger charge is -2.03. The van der Waals surface area contributed by atoms with E-state index in [0.29, 0.717) is 15.5 Å². The molecule has 0 saturated carbocycles. The summed E-state index contributed by atoms with van der Waals surface area (Å²) in [5.74, 6) is -0.420. The predicted octanol–water partition coefficient (Wildman–Crippen LogP) is 3.37. The van der Waals surface area contributed by atoms with E-state index in [4.69, 9.17) is 17.3 Å². The van der Waals surface area contributed by atoms with Gasteiger partial charge in [-0.2, -0.15) is 0 Å². The van der Waals surface area contributed by atoms with Crippen molar-refractivity contribution in [3.8, 4) is 0 Å². The van der Waals surface area contributed by atoms with E-state index >= 15 is 0 Å². The maximum Gasteiger partial charge on any atom is 0.152 e. The van der Waals surface area contributed by atoms with Gasteiger partial charge in [-0.3, -0.25) is 0 Å². The number of fused-ring (bicyclic) bond motifs is 1. The van der Waals surface area contributed by atoms with Crippen LogP contribution < -0.4 is 5.73 Å². The van der Waals surface area contributed by atoms with Gasteiger partial charge in [0.05, 0.1) is 5.69 Å². The zero-order valence-corrected chi connectivity index (χ0v) is 9.23. The summed E-state index contributed by atoms with van der Waals surface area (Å²) in [4.78, 5) is 3.86. The average Bonchev–Trinajstić information content (AvgIpc) is 2.08. The number of halogens is 3. The van der Waals surface area contributed by atoms with Gasteiger partial charge < -0.3 is 5.73 Å². The van der Waals surface area contributed by atoms with Gasteiger partial charge in [-0.1, -0.05) is 27.5 Å². The Hall–Kier alpha value is -0.870. The summed E-state index contributed by atoms with van der Waals surface area (Å²) in [6.45, 7) is 0. The Morgan fingerprint density at radius 3 is 2.79 bits per heavy atom. The van der Waals surface area contributed by atoms with Crippen LogP contribution in [0, 0.1) is 5.82 Å². The molecule has 2 nitrogen and oxygen atoms in total. The van der Waals surface area contributed by atoms with Crippen molar-refractivity contribution in [1.82, 2.24) is 4.98 Å². The van der Waals surface area contributed by atoms with Crippen LogP contribution >= 0.6 is 27.5 Å². The number of nitrogens with zero attached hydrogens (tertiary/aromatic N) is 1. The summed E-state index contributed by atoms with van der Waals surface area (Å²) in [5.41, 5.74) is 6.13. The molecule has 0 fully saturated rings. The summed E-state index contributed by atoms with van der Waals surface area (Å²) in [7, 11) is 0. The van der Waals surface area contributed by atoms with Crippen molar-refractivity contribution in [2.45, 2.75) is 0 Å². The Balaban J connectivity index is 2.89. The lowest BCUT2D eigenvalue weighted by Crippen LogP contribution is -1.92. The molecule has 2 rings (SSSR count). The van der Waals surface area contributed by atoms with Crippen LogP contribution in [0.15, 0.2) is 22.7 Å². The molecular formula is C9H5BrClFN2. The summed E-state index contributed by atoms with van der Waals surface area (Å²) >= 11 is 8.87. The first-order valence-electron chi connectivity index (χ1n) is 3.78. The smallest absolute Gasteiger partial charge is 0.152 e. The molecule has 0 saturated heterocycles. The minimum atomic E-state index is -0.420. The zero-order valence-electron chi connectivity index (χ0n) is 6.89. The van der Waals surface area contributed by atoms with Crippen LogP contribution in [0.3, 0.4) is 0 Å². The van der Waals surface area contributed by atoms with Crippen molar-refractivity contribution in [3.63, 3.8) is 0 Å². The number of rotatable bonds is 0. The van der Waals surface area contributed by atoms with Crippen LogP contribution in [-0.4, -0.2) is 4.98 Å². The van der Waals surface area contributed by atoms with Crippen LogP contribution in [0.2, 0.25) is 5.15 Å². The summed E-state index contributed by atoms with van der Waals surface area (Å²) < 4.78 is 14.0. The Kier molecular flexibility index (Phi) is 2.33. The van der Waals surface area contributed by atoms with Gasteiger partial charge >= 0.3 is 0 Å². The maximum atomic E-state index is 13.4. The summed E-state index contributed by atoms with van der Waals surface area (Å²) in [5, 5.41) is 0.748. The molecule has 1 aromatic heterocycles. The van der Waals surface area contributed by atoms with E-state index < -0.39 is 5.82 Å². The van der Waals surface area contributed by atoms with Crippen LogP contribution in [0.1, 0.15) is 0 Å². The third-order valence-electron chi connectivity index (χ3n) is 1.82. The maximum absolute atomic E-state index is 13.4. The summed E-state index contributed by atoms with van der Waals surface area (Å²) in [6.07, 6.45) is 0. The zero-order chi connectivity index (χ0) is 10.3. The number of hydrogen-bond acceptors (Lipinski definition) is 2. The number of nitrogen functional groups attached to an aromatic ring is 1. The van der Waals surface area contributed by atoms with Gasteiger partial charge in [0.25, 0.3) is 0 Å². The van der Waals surface area contributed by atoms with Crippen molar-refractivity contribution >= 4 is 44.1 Å². The molecule has 0 aliphatic rings. The number of pyridine rings is 1. The van der Waals surface area contributed by atoms with Gasteiger partial charge in [-0.15, -0.1) is 0 Å². The monoisotopic (exact) mass is 274 g/mol. The van der Waals surface area contributed by atoms with Crippen molar-refractivity contribution in [3.05, 3.63) is 33.6 Å². The van der Waals surface area contributed by atoms with E-state index in [1.165, 1.54) is 6.07 Å². The highest BCUT2D eigenvalue weighted by Crippen LogP contribution is 2.26. The molecule has 0 amide bonds. The lowest BCUT2D eigenvalue weighted by atomic mass is 10.2. The molecule has 1 aromatic carbocycles. The molecule has 0 unspecified atom stereocenters. The van der Waals surface area contributed by atoms with Crippen molar-refractivity contribution in [2.24, 2.45) is 0 Å². The molecule has 1 heterocycles. The van der Waals surface area contributed by atoms with E-state index in [1.54, 1.807) is 12.1 Å². The fourth-order valence-corrected chi connectivity index (χ4v) is 1.79. The largest absolute Gasteiger partial charge is 0.396 e. The highest BCUT2D eigenvalue weighted by atomic mass is 79.9. The normalized spacial score (nSPS) is 10.8. The average molecular weight is 276 g/mol. The Labute approximate surface area is 93.0 Å². The Morgan fingerprint density at radius 2 is 2.07 bits per heavy atom. The Morgan fingerprint density at radius 1 is 1.36 bits per heavy atom. The van der Waals surface area contributed by atoms with Gasteiger partial charge in [0.15, 0.2) is 11.0 Å². The number of benzene rings is 1. The molecule has 14 heavy (non-hydrogen) atoms. The quantitative estimate of drug-likeness (QED) is 0.749. The molecular weight excluding hydrogens is 270 g/mol. The van der Waals surface area contributed by atoms with E-state index in [1.807, 2.05) is 0 Å². The SMILES string of the molecule is Nc1cc2cc(Br)cc(F)c2nc1Cl. The number of anilines is 1. The first-order chi connectivity index (χ1) is 6.58. The Bertz CT molecular complexity index is 516. The van der Waals surface area contributed by atoms with E-state index in [2.05, 4.69) is 20.9 Å². The van der Waals surface area contributed by atoms with Gasteiger partial charge in [-0.25, -0.2) is 9.37 Å². The van der Waals surface area contributed by atoms with Crippen molar-refractivity contribution in [1.29, 1.82) is 0 Å². The third-order valence-corrected chi connectivity index (χ3v) is 2.58. The topological polar surface area (TPSA) is 38.9 Å². The standard InChI is InChI=1S/C9H5BrClFN2/c10-5-1-4-2-7(13)9(11)14-8(4)6(12)3-5/h1-3H,13H2. The van der Waals surface area contributed by atoms with Gasteiger partial charge in [-0.05, 0) is 18.2 Å². The number of hydrogen-bond donors (Lipinski definition) is 1. The minimum absolute atomic E-state index is 0.124. The van der Waals surface area contributed by atoms with Gasteiger partial charge in [0.1, 0.15) is 5.52 Å². The highest BCUT2D eigenvalue weighted by Gasteiger charge is 2.07. The van der Waals surface area contributed by atoms with Gasteiger partial charge in [0, 0.05) is 9.86 Å². The molecule has 0 bridgehead atoms. The fourth-order valence-electron chi connectivity index (χ4n) is 1.20. The second kappa shape index (κ2) is 3.37. The molecule has 0 aliphatic carbocycles. The van der Waals surface area contributed by atoms with Crippen molar-refractivity contribution in [2.75, 3.05) is 5.73 Å². The van der Waals surface area contributed by atoms with E-state index in [0.717, 1.165) is 0 Å². The van der Waals surface area contributed by atoms with Crippen LogP contribution in [0.4, 0.5) is 10.1 Å². The van der Waals surface area contributed by atoms with Crippen molar-refractivity contribution < 1.29 is 4.39 Å². The molecule has 0 radical (unpaired) electrons. The second-order valence-corrected chi connectivity index (χ2v) is 4.10. The molecule has 5 heteroatoms. The highest BCUT2D eigenvalue weighted by molar-refractivity contribution is 9.10. The van der Waals surface area contributed by atoms with E-state index in [9.17, 15) is 4.39 Å². The fraction of sp³-hybridized carbons (Fsp3) is 0. The van der Waals surface area contributed by atoms with Crippen LogP contribution in [0.25, 0.3) is 10.9 Å². The third kappa shape index (κ3) is 1.55. The lowest BCUT2D eigenvalue weighted by molar-refractivity contribution is 0.636. The number of nitrogens with two attached hydrogens (primary N) is 1. The predicted molar refractivity (Wildman–Crippen MR) is 58.8 cm³/mol. The molecule has 0 aliphatic heterocycles. The first kappa shape index (κ1) is 9.68. The molecule has 0 atom stereocenters. The summed E-state index contributed by atoms with van der Waals surface area (Å²) in [6, 6.07) is 4.67. The minimum Gasteiger partial charge on any atom is -0.396 e. The second-order valence-electron chi connectivity index (χ2n) is 2.83. The van der Waals surface area contributed by atoms with Gasteiger partial charge in [0.2, 0.25) is 0 Å². The van der Waals surface area contributed by atoms with Crippen LogP contribution in [-0.2, 0) is 0 Å². The molecule has 0 spiro atoms. The number of aromatic nitrogens is 1. The molecule has 2 N–H and O–H groups in total. The molecule has 72 valence electrons.